The highest BCUT2D eigenvalue weighted by Crippen LogP contribution is 2.25. The molecule has 2 rings (SSSR count). The molecule has 1 aromatic rings. The third-order valence-corrected chi connectivity index (χ3v) is 3.83. The minimum absolute atomic E-state index is 0.0902. The molecule has 3 N–H and O–H groups in total. The van der Waals surface area contributed by atoms with Crippen molar-refractivity contribution in [3.05, 3.63) is 35.4 Å². The maximum absolute atomic E-state index is 12.3. The summed E-state index contributed by atoms with van der Waals surface area (Å²) in [5, 5.41) is 3.02. The molecule has 1 amide bonds. The van der Waals surface area contributed by atoms with E-state index in [0.29, 0.717) is 23.6 Å². The zero-order chi connectivity index (χ0) is 13.8. The SMILES string of the molecule is CC(=O)c1ccccc1C(=O)NC1CCCC1CN. The highest BCUT2D eigenvalue weighted by atomic mass is 16.2. The number of nitrogens with two attached hydrogens (primary N) is 1. The summed E-state index contributed by atoms with van der Waals surface area (Å²) in [5.41, 5.74) is 6.64. The molecule has 19 heavy (non-hydrogen) atoms. The predicted molar refractivity (Wildman–Crippen MR) is 74.1 cm³/mol. The molecule has 0 spiro atoms. The van der Waals surface area contributed by atoms with Gasteiger partial charge in [-0.15, -0.1) is 0 Å². The van der Waals surface area contributed by atoms with E-state index in [-0.39, 0.29) is 17.7 Å². The number of amides is 1. The number of benzene rings is 1. The van der Waals surface area contributed by atoms with Gasteiger partial charge >= 0.3 is 0 Å². The van der Waals surface area contributed by atoms with Crippen LogP contribution >= 0.6 is 0 Å². The fourth-order valence-electron chi connectivity index (χ4n) is 2.74. The van der Waals surface area contributed by atoms with Crippen LogP contribution in [0.25, 0.3) is 0 Å². The summed E-state index contributed by atoms with van der Waals surface area (Å²) in [6.45, 7) is 2.07. The topological polar surface area (TPSA) is 72.2 Å². The van der Waals surface area contributed by atoms with E-state index >= 15 is 0 Å². The normalized spacial score (nSPS) is 22.2. The summed E-state index contributed by atoms with van der Waals surface area (Å²) in [6, 6.07) is 7.06. The molecule has 1 aliphatic carbocycles. The summed E-state index contributed by atoms with van der Waals surface area (Å²) in [5.74, 6) is 0.0946. The van der Waals surface area contributed by atoms with Crippen LogP contribution in [0.5, 0.6) is 0 Å². The fraction of sp³-hybridized carbons (Fsp3) is 0.467. The third kappa shape index (κ3) is 3.01. The molecule has 4 nitrogen and oxygen atoms in total. The highest BCUT2D eigenvalue weighted by molar-refractivity contribution is 6.07. The smallest absolute Gasteiger partial charge is 0.252 e. The second kappa shape index (κ2) is 5.97. The summed E-state index contributed by atoms with van der Waals surface area (Å²) in [7, 11) is 0. The minimum Gasteiger partial charge on any atom is -0.349 e. The first-order valence-corrected chi connectivity index (χ1v) is 6.74. The zero-order valence-electron chi connectivity index (χ0n) is 11.2. The molecule has 1 aromatic carbocycles. The number of ketones is 1. The van der Waals surface area contributed by atoms with Gasteiger partial charge in [-0.25, -0.2) is 0 Å². The van der Waals surface area contributed by atoms with Crippen molar-refractivity contribution >= 4 is 11.7 Å². The van der Waals surface area contributed by atoms with Crippen molar-refractivity contribution in [3.63, 3.8) is 0 Å². The number of carbonyl (C=O) groups excluding carboxylic acids is 2. The number of hydrogen-bond acceptors (Lipinski definition) is 3. The van der Waals surface area contributed by atoms with Crippen LogP contribution in [-0.2, 0) is 0 Å². The van der Waals surface area contributed by atoms with Crippen LogP contribution in [0.3, 0.4) is 0 Å². The third-order valence-electron chi connectivity index (χ3n) is 3.83. The Bertz CT molecular complexity index is 485. The molecule has 0 saturated heterocycles. The minimum atomic E-state index is -0.170. The van der Waals surface area contributed by atoms with Gasteiger partial charge in [0.15, 0.2) is 5.78 Å². The Labute approximate surface area is 113 Å². The van der Waals surface area contributed by atoms with Gasteiger partial charge in [-0.05, 0) is 38.3 Å². The van der Waals surface area contributed by atoms with Crippen LogP contribution in [-0.4, -0.2) is 24.3 Å². The van der Waals surface area contributed by atoms with Gasteiger partial charge in [0.05, 0.1) is 5.56 Å². The Morgan fingerprint density at radius 3 is 2.58 bits per heavy atom. The molecule has 0 bridgehead atoms. The lowest BCUT2D eigenvalue weighted by Gasteiger charge is -2.20. The fourth-order valence-corrected chi connectivity index (χ4v) is 2.74. The molecule has 1 aliphatic rings. The van der Waals surface area contributed by atoms with E-state index in [1.165, 1.54) is 6.92 Å². The molecule has 1 fully saturated rings. The van der Waals surface area contributed by atoms with E-state index in [2.05, 4.69) is 5.32 Å². The Hall–Kier alpha value is -1.68. The monoisotopic (exact) mass is 260 g/mol. The number of hydrogen-bond donors (Lipinski definition) is 2. The first-order valence-electron chi connectivity index (χ1n) is 6.74. The van der Waals surface area contributed by atoms with Gasteiger partial charge in [0, 0.05) is 11.6 Å². The van der Waals surface area contributed by atoms with Crippen LogP contribution in [0, 0.1) is 5.92 Å². The van der Waals surface area contributed by atoms with Crippen molar-refractivity contribution in [2.75, 3.05) is 6.54 Å². The second-order valence-corrected chi connectivity index (χ2v) is 5.11. The van der Waals surface area contributed by atoms with E-state index < -0.39 is 0 Å². The van der Waals surface area contributed by atoms with Crippen LogP contribution in [0.2, 0.25) is 0 Å². The Kier molecular flexibility index (Phi) is 4.32. The molecule has 0 radical (unpaired) electrons. The molecule has 0 aliphatic heterocycles. The summed E-state index contributed by atoms with van der Waals surface area (Å²) >= 11 is 0. The van der Waals surface area contributed by atoms with Gasteiger partial charge in [0.2, 0.25) is 0 Å². The van der Waals surface area contributed by atoms with Gasteiger partial charge in [-0.3, -0.25) is 9.59 Å². The van der Waals surface area contributed by atoms with Crippen LogP contribution in [0.15, 0.2) is 24.3 Å². The lowest BCUT2D eigenvalue weighted by Crippen LogP contribution is -2.40. The number of rotatable bonds is 4. The van der Waals surface area contributed by atoms with Crippen LogP contribution in [0.1, 0.15) is 46.9 Å². The van der Waals surface area contributed by atoms with Gasteiger partial charge in [-0.2, -0.15) is 0 Å². The summed E-state index contributed by atoms with van der Waals surface area (Å²) in [4.78, 5) is 23.8. The van der Waals surface area contributed by atoms with Gasteiger partial charge in [0.1, 0.15) is 0 Å². The molecule has 102 valence electrons. The Balaban J connectivity index is 2.14. The van der Waals surface area contributed by atoms with Gasteiger partial charge in [-0.1, -0.05) is 24.6 Å². The van der Waals surface area contributed by atoms with Crippen LogP contribution < -0.4 is 11.1 Å². The lowest BCUT2D eigenvalue weighted by molar-refractivity contribution is 0.0917. The van der Waals surface area contributed by atoms with Gasteiger partial charge in [0.25, 0.3) is 5.91 Å². The van der Waals surface area contributed by atoms with Crippen molar-refractivity contribution in [1.29, 1.82) is 0 Å². The van der Waals surface area contributed by atoms with Crippen molar-refractivity contribution in [1.82, 2.24) is 5.32 Å². The predicted octanol–water partition coefficient (Wildman–Crippen LogP) is 1.75. The first-order chi connectivity index (χ1) is 9.13. The van der Waals surface area contributed by atoms with Crippen molar-refractivity contribution < 1.29 is 9.59 Å². The van der Waals surface area contributed by atoms with E-state index in [9.17, 15) is 9.59 Å². The maximum atomic E-state index is 12.3. The quantitative estimate of drug-likeness (QED) is 0.810. The number of nitrogens with one attached hydrogen (secondary N) is 1. The average molecular weight is 260 g/mol. The number of carbonyl (C=O) groups is 2. The van der Waals surface area contributed by atoms with E-state index in [1.54, 1.807) is 24.3 Å². The van der Waals surface area contributed by atoms with Gasteiger partial charge < -0.3 is 11.1 Å². The summed E-state index contributed by atoms with van der Waals surface area (Å²) in [6.07, 6.45) is 3.13. The average Bonchev–Trinajstić information content (AvgIpc) is 2.85. The lowest BCUT2D eigenvalue weighted by atomic mass is 10.0. The molecule has 2 atom stereocenters. The van der Waals surface area contributed by atoms with E-state index in [1.807, 2.05) is 0 Å². The van der Waals surface area contributed by atoms with E-state index in [0.717, 1.165) is 19.3 Å². The van der Waals surface area contributed by atoms with Crippen molar-refractivity contribution in [2.45, 2.75) is 32.2 Å². The molecule has 1 saturated carbocycles. The Morgan fingerprint density at radius 1 is 1.26 bits per heavy atom. The summed E-state index contributed by atoms with van der Waals surface area (Å²) < 4.78 is 0. The first kappa shape index (κ1) is 13.7. The molecular weight excluding hydrogens is 240 g/mol. The second-order valence-electron chi connectivity index (χ2n) is 5.11. The zero-order valence-corrected chi connectivity index (χ0v) is 11.2. The standard InChI is InChI=1S/C15H20N2O2/c1-10(18)12-6-2-3-7-13(12)15(19)17-14-8-4-5-11(14)9-16/h2-3,6-7,11,14H,4-5,8-9,16H2,1H3,(H,17,19). The van der Waals surface area contributed by atoms with Crippen molar-refractivity contribution in [2.24, 2.45) is 11.7 Å². The number of Topliss-reactive ketones (excluding diaryl/α,β-unsaturated/α-hetero) is 1. The molecule has 0 heterocycles. The molecule has 4 heteroatoms. The molecule has 2 unspecified atom stereocenters. The van der Waals surface area contributed by atoms with E-state index in [4.69, 9.17) is 5.73 Å². The molecule has 0 aromatic heterocycles. The molecular formula is C15H20N2O2. The van der Waals surface area contributed by atoms with Crippen molar-refractivity contribution in [3.8, 4) is 0 Å². The highest BCUT2D eigenvalue weighted by Gasteiger charge is 2.28. The van der Waals surface area contributed by atoms with Crippen LogP contribution in [0.4, 0.5) is 0 Å². The maximum Gasteiger partial charge on any atom is 0.252 e. The Morgan fingerprint density at radius 2 is 1.95 bits per heavy atom. The largest absolute Gasteiger partial charge is 0.349 e.